The second-order valence-corrected chi connectivity index (χ2v) is 7.01. The van der Waals surface area contributed by atoms with E-state index >= 15 is 0 Å². The minimum atomic E-state index is -0.776. The van der Waals surface area contributed by atoms with Crippen molar-refractivity contribution < 1.29 is 4.79 Å². The molecule has 0 saturated heterocycles. The van der Waals surface area contributed by atoms with Crippen LogP contribution in [-0.2, 0) is 4.79 Å². The number of nitrogens with zero attached hydrogens (tertiary/aromatic N) is 1. The van der Waals surface area contributed by atoms with E-state index < -0.39 is 4.33 Å². The Morgan fingerprint density at radius 3 is 2.38 bits per heavy atom. The van der Waals surface area contributed by atoms with Gasteiger partial charge >= 0.3 is 0 Å². The summed E-state index contributed by atoms with van der Waals surface area (Å²) < 4.78 is -0.776. The van der Waals surface area contributed by atoms with Gasteiger partial charge in [-0.05, 0) is 31.6 Å². The van der Waals surface area contributed by atoms with E-state index in [1.54, 1.807) is 0 Å². The number of rotatable bonds is 5. The number of carbonyl (C=O) groups excluding carboxylic acids is 1. The Morgan fingerprint density at radius 1 is 1.44 bits per heavy atom. The van der Waals surface area contributed by atoms with Crippen LogP contribution < -0.4 is 0 Å². The van der Waals surface area contributed by atoms with E-state index in [4.69, 9.17) is 23.2 Å². The molecule has 4 heteroatoms. The van der Waals surface area contributed by atoms with Crippen LogP contribution >= 0.6 is 23.2 Å². The van der Waals surface area contributed by atoms with Crippen LogP contribution in [0.1, 0.15) is 39.5 Å². The van der Waals surface area contributed by atoms with E-state index in [-0.39, 0.29) is 11.8 Å². The van der Waals surface area contributed by atoms with Crippen LogP contribution in [0, 0.1) is 11.8 Å². The molecule has 0 N–H and O–H groups in total. The van der Waals surface area contributed by atoms with Gasteiger partial charge in [0.15, 0.2) is 0 Å². The topological polar surface area (TPSA) is 20.3 Å². The molecule has 2 saturated carbocycles. The molecule has 0 unspecified atom stereocenters. The van der Waals surface area contributed by atoms with E-state index in [2.05, 4.69) is 13.8 Å². The molecule has 2 aliphatic carbocycles. The molecule has 1 amide bonds. The van der Waals surface area contributed by atoms with Crippen molar-refractivity contribution in [2.45, 2.75) is 49.9 Å². The first-order valence-electron chi connectivity index (χ1n) is 6.10. The predicted molar refractivity (Wildman–Crippen MR) is 66.7 cm³/mol. The first-order chi connectivity index (χ1) is 7.42. The van der Waals surface area contributed by atoms with E-state index in [9.17, 15) is 4.79 Å². The highest BCUT2D eigenvalue weighted by molar-refractivity contribution is 6.52. The minimum absolute atomic E-state index is 0.149. The van der Waals surface area contributed by atoms with Crippen LogP contribution in [0.4, 0.5) is 0 Å². The standard InChI is InChI=1S/C12H19Cl2NO/c1-8(2)5-6-15(9-3-4-9)11(16)10-7-12(10,13)14/h8-10H,3-7H2,1-2H3/t10-/m0/s1. The number of halogens is 2. The summed E-state index contributed by atoms with van der Waals surface area (Å²) in [6.45, 7) is 5.22. The lowest BCUT2D eigenvalue weighted by Crippen LogP contribution is -2.36. The fourth-order valence-corrected chi connectivity index (χ4v) is 2.43. The zero-order valence-electron chi connectivity index (χ0n) is 9.88. The minimum Gasteiger partial charge on any atom is -0.339 e. The van der Waals surface area contributed by atoms with Crippen molar-refractivity contribution in [3.8, 4) is 0 Å². The molecule has 0 aromatic rings. The molecule has 0 aliphatic heterocycles. The van der Waals surface area contributed by atoms with Crippen molar-refractivity contribution in [2.75, 3.05) is 6.54 Å². The Bertz CT molecular complexity index is 287. The normalized spacial score (nSPS) is 26.9. The maximum Gasteiger partial charge on any atom is 0.229 e. The summed E-state index contributed by atoms with van der Waals surface area (Å²) >= 11 is 11.9. The predicted octanol–water partition coefficient (Wildman–Crippen LogP) is 3.22. The van der Waals surface area contributed by atoms with Gasteiger partial charge in [-0.3, -0.25) is 4.79 Å². The van der Waals surface area contributed by atoms with Crippen LogP contribution in [-0.4, -0.2) is 27.7 Å². The summed E-state index contributed by atoms with van der Waals surface area (Å²) in [6, 6.07) is 0.469. The van der Waals surface area contributed by atoms with Crippen molar-refractivity contribution in [1.29, 1.82) is 0 Å². The highest BCUT2D eigenvalue weighted by Gasteiger charge is 2.58. The van der Waals surface area contributed by atoms with E-state index in [1.165, 1.54) is 0 Å². The smallest absolute Gasteiger partial charge is 0.229 e. The van der Waals surface area contributed by atoms with E-state index in [0.717, 1.165) is 25.8 Å². The number of amides is 1. The third-order valence-corrected chi connectivity index (χ3v) is 4.18. The van der Waals surface area contributed by atoms with E-state index in [0.29, 0.717) is 18.4 Å². The molecule has 0 aromatic heterocycles. The monoisotopic (exact) mass is 263 g/mol. The summed E-state index contributed by atoms with van der Waals surface area (Å²) in [5.41, 5.74) is 0. The van der Waals surface area contributed by atoms with Gasteiger partial charge < -0.3 is 4.90 Å². The van der Waals surface area contributed by atoms with Gasteiger partial charge in [-0.1, -0.05) is 13.8 Å². The highest BCUT2D eigenvalue weighted by atomic mass is 35.5. The average Bonchev–Trinajstić information content (AvgIpc) is 3.03. The van der Waals surface area contributed by atoms with Crippen LogP contribution in [0.3, 0.4) is 0 Å². The number of carbonyl (C=O) groups is 1. The quantitative estimate of drug-likeness (QED) is 0.698. The maximum atomic E-state index is 12.2. The average molecular weight is 264 g/mol. The van der Waals surface area contributed by atoms with Gasteiger partial charge in [0.25, 0.3) is 0 Å². The van der Waals surface area contributed by atoms with Gasteiger partial charge in [0, 0.05) is 12.6 Å². The highest BCUT2D eigenvalue weighted by Crippen LogP contribution is 2.54. The zero-order valence-corrected chi connectivity index (χ0v) is 11.4. The maximum absolute atomic E-state index is 12.2. The Balaban J connectivity index is 1.89. The number of hydrogen-bond acceptors (Lipinski definition) is 1. The number of hydrogen-bond donors (Lipinski definition) is 0. The molecule has 2 rings (SSSR count). The zero-order chi connectivity index (χ0) is 11.9. The third kappa shape index (κ3) is 2.84. The molecule has 0 heterocycles. The SMILES string of the molecule is CC(C)CCN(C(=O)[C@@H]1CC1(Cl)Cl)C1CC1. The van der Waals surface area contributed by atoms with Gasteiger partial charge in [0.2, 0.25) is 5.91 Å². The fraction of sp³-hybridized carbons (Fsp3) is 0.917. The summed E-state index contributed by atoms with van der Waals surface area (Å²) in [7, 11) is 0. The second kappa shape index (κ2) is 4.38. The Labute approximate surface area is 107 Å². The van der Waals surface area contributed by atoms with E-state index in [1.807, 2.05) is 4.90 Å². The molecule has 2 aliphatic rings. The molecule has 2 fully saturated rings. The molecule has 0 radical (unpaired) electrons. The summed E-state index contributed by atoms with van der Waals surface area (Å²) in [4.78, 5) is 14.2. The first-order valence-corrected chi connectivity index (χ1v) is 6.85. The third-order valence-electron chi connectivity index (χ3n) is 3.34. The summed E-state index contributed by atoms with van der Waals surface area (Å²) in [5.74, 6) is 0.654. The van der Waals surface area contributed by atoms with Crippen molar-refractivity contribution in [1.82, 2.24) is 4.90 Å². The lowest BCUT2D eigenvalue weighted by Gasteiger charge is -2.23. The summed E-state index contributed by atoms with van der Waals surface area (Å²) in [5, 5.41) is 0. The molecule has 0 bridgehead atoms. The molecule has 1 atom stereocenters. The largest absolute Gasteiger partial charge is 0.339 e. The molecule has 92 valence electrons. The lowest BCUT2D eigenvalue weighted by atomic mass is 10.1. The summed E-state index contributed by atoms with van der Waals surface area (Å²) in [6.07, 6.45) is 3.98. The second-order valence-electron chi connectivity index (χ2n) is 5.46. The fourth-order valence-electron chi connectivity index (χ4n) is 1.94. The van der Waals surface area contributed by atoms with Gasteiger partial charge in [0.1, 0.15) is 4.33 Å². The molecular weight excluding hydrogens is 245 g/mol. The van der Waals surface area contributed by atoms with Crippen LogP contribution in [0.5, 0.6) is 0 Å². The van der Waals surface area contributed by atoms with Crippen LogP contribution in [0.2, 0.25) is 0 Å². The van der Waals surface area contributed by atoms with Crippen molar-refractivity contribution in [3.63, 3.8) is 0 Å². The van der Waals surface area contributed by atoms with Crippen LogP contribution in [0.25, 0.3) is 0 Å². The Morgan fingerprint density at radius 2 is 2.00 bits per heavy atom. The Hall–Kier alpha value is 0.0500. The molecule has 16 heavy (non-hydrogen) atoms. The van der Waals surface area contributed by atoms with Gasteiger partial charge in [-0.25, -0.2) is 0 Å². The van der Waals surface area contributed by atoms with Gasteiger partial charge in [-0.2, -0.15) is 0 Å². The Kier molecular flexibility index (Phi) is 3.42. The molecule has 0 spiro atoms. The lowest BCUT2D eigenvalue weighted by molar-refractivity contribution is -0.133. The van der Waals surface area contributed by atoms with Gasteiger partial charge in [0.05, 0.1) is 5.92 Å². The molecular formula is C12H19Cl2NO. The van der Waals surface area contributed by atoms with Gasteiger partial charge in [-0.15, -0.1) is 23.2 Å². The van der Waals surface area contributed by atoms with Crippen molar-refractivity contribution in [3.05, 3.63) is 0 Å². The van der Waals surface area contributed by atoms with Crippen LogP contribution in [0.15, 0.2) is 0 Å². The molecule has 0 aromatic carbocycles. The molecule has 2 nitrogen and oxygen atoms in total. The first kappa shape index (κ1) is 12.5. The van der Waals surface area contributed by atoms with Crippen molar-refractivity contribution in [2.24, 2.45) is 11.8 Å². The number of alkyl halides is 2. The van der Waals surface area contributed by atoms with Crippen molar-refractivity contribution >= 4 is 29.1 Å².